The van der Waals surface area contributed by atoms with Crippen molar-refractivity contribution >= 4 is 5.91 Å². The van der Waals surface area contributed by atoms with Gasteiger partial charge in [0.25, 0.3) is 5.91 Å². The highest BCUT2D eigenvalue weighted by atomic mass is 16.3. The van der Waals surface area contributed by atoms with Crippen LogP contribution >= 0.6 is 0 Å². The summed E-state index contributed by atoms with van der Waals surface area (Å²) in [5, 5.41) is 12.5. The van der Waals surface area contributed by atoms with E-state index in [4.69, 9.17) is 0 Å². The molecular formula is C18H31N2O2+. The minimum absolute atomic E-state index is 0.100. The molecule has 1 aromatic rings. The van der Waals surface area contributed by atoms with Gasteiger partial charge in [0.2, 0.25) is 0 Å². The number of phenols is 1. The Labute approximate surface area is 134 Å². The maximum atomic E-state index is 12.2. The van der Waals surface area contributed by atoms with E-state index in [1.807, 2.05) is 37.4 Å². The molecular weight excluding hydrogens is 276 g/mol. The number of hydrogen-bond donors (Lipinski definition) is 2. The van der Waals surface area contributed by atoms with Crippen LogP contribution in [0.2, 0.25) is 0 Å². The second-order valence-electron chi connectivity index (χ2n) is 7.51. The van der Waals surface area contributed by atoms with E-state index >= 15 is 0 Å². The Kier molecular flexibility index (Phi) is 6.00. The van der Waals surface area contributed by atoms with Crippen molar-refractivity contribution < 1.29 is 15.2 Å². The predicted molar refractivity (Wildman–Crippen MR) is 89.8 cm³/mol. The van der Waals surface area contributed by atoms with Crippen LogP contribution in [0.5, 0.6) is 5.75 Å². The topological polar surface area (TPSA) is 57.2 Å². The first kappa shape index (κ1) is 18.5. The fourth-order valence-electron chi connectivity index (χ4n) is 2.57. The largest absolute Gasteiger partial charge is 0.507 e. The zero-order chi connectivity index (χ0) is 17.1. The molecule has 22 heavy (non-hydrogen) atoms. The van der Waals surface area contributed by atoms with Gasteiger partial charge in [0, 0.05) is 25.6 Å². The van der Waals surface area contributed by atoms with Gasteiger partial charge in [-0.3, -0.25) is 4.79 Å². The molecule has 1 aromatic carbocycles. The maximum Gasteiger partial charge on any atom is 0.280 e. The lowest BCUT2D eigenvalue weighted by Crippen LogP contribution is -2.92. The van der Waals surface area contributed by atoms with Crippen molar-refractivity contribution in [3.63, 3.8) is 0 Å². The number of nitrogens with zero attached hydrogens (tertiary/aromatic N) is 1. The monoisotopic (exact) mass is 307 g/mol. The van der Waals surface area contributed by atoms with Crippen LogP contribution in [0.25, 0.3) is 0 Å². The van der Waals surface area contributed by atoms with Crippen LogP contribution in [0.1, 0.15) is 45.7 Å². The first-order valence-corrected chi connectivity index (χ1v) is 7.91. The van der Waals surface area contributed by atoms with E-state index in [1.165, 1.54) is 0 Å². The molecule has 124 valence electrons. The number of benzene rings is 1. The number of rotatable bonds is 5. The van der Waals surface area contributed by atoms with Gasteiger partial charge < -0.3 is 15.3 Å². The molecule has 0 saturated heterocycles. The summed E-state index contributed by atoms with van der Waals surface area (Å²) in [7, 11) is 3.56. The van der Waals surface area contributed by atoms with Gasteiger partial charge in [-0.2, -0.15) is 0 Å². The molecule has 0 aliphatic rings. The molecule has 4 nitrogen and oxygen atoms in total. The van der Waals surface area contributed by atoms with Crippen molar-refractivity contribution in [1.29, 1.82) is 0 Å². The zero-order valence-electron chi connectivity index (χ0n) is 15.0. The first-order valence-electron chi connectivity index (χ1n) is 7.91. The van der Waals surface area contributed by atoms with Crippen molar-refractivity contribution in [1.82, 2.24) is 4.90 Å². The van der Waals surface area contributed by atoms with Crippen molar-refractivity contribution in [2.75, 3.05) is 14.1 Å². The van der Waals surface area contributed by atoms with Crippen LogP contribution in [-0.4, -0.2) is 36.1 Å². The third-order valence-corrected chi connectivity index (χ3v) is 3.96. The molecule has 0 heterocycles. The number of carbonyl (C=O) groups is 1. The van der Waals surface area contributed by atoms with E-state index in [2.05, 4.69) is 20.8 Å². The van der Waals surface area contributed by atoms with Crippen LogP contribution in [0, 0.1) is 5.92 Å². The van der Waals surface area contributed by atoms with Gasteiger partial charge in [-0.15, -0.1) is 0 Å². The smallest absolute Gasteiger partial charge is 0.280 e. The molecule has 0 spiro atoms. The highest BCUT2D eigenvalue weighted by Crippen LogP contribution is 2.32. The Balaban J connectivity index is 2.94. The fraction of sp³-hybridized carbons (Fsp3) is 0.611. The van der Waals surface area contributed by atoms with Crippen molar-refractivity contribution in [2.24, 2.45) is 5.92 Å². The normalized spacial score (nSPS) is 13.3. The average molecular weight is 307 g/mol. The van der Waals surface area contributed by atoms with Crippen LogP contribution in [0.3, 0.4) is 0 Å². The molecule has 0 aromatic heterocycles. The number of nitrogens with two attached hydrogens (primary N) is 1. The van der Waals surface area contributed by atoms with Gasteiger partial charge in [-0.05, 0) is 17.0 Å². The molecule has 4 heteroatoms. The van der Waals surface area contributed by atoms with E-state index in [1.54, 1.807) is 19.0 Å². The molecule has 0 bridgehead atoms. The summed E-state index contributed by atoms with van der Waals surface area (Å²) in [6, 6.07) is 5.73. The van der Waals surface area contributed by atoms with E-state index in [9.17, 15) is 9.90 Å². The summed E-state index contributed by atoms with van der Waals surface area (Å²) < 4.78 is 0. The summed E-state index contributed by atoms with van der Waals surface area (Å²) >= 11 is 0. The van der Waals surface area contributed by atoms with Gasteiger partial charge in [0.1, 0.15) is 12.3 Å². The second-order valence-corrected chi connectivity index (χ2v) is 7.51. The molecule has 0 aliphatic heterocycles. The van der Waals surface area contributed by atoms with Crippen molar-refractivity contribution in [2.45, 2.75) is 52.6 Å². The summed E-state index contributed by atoms with van der Waals surface area (Å²) in [6.45, 7) is 11.0. The number of hydrogen-bond acceptors (Lipinski definition) is 2. The van der Waals surface area contributed by atoms with Crippen LogP contribution < -0.4 is 5.32 Å². The number of aromatic hydroxyl groups is 1. The molecule has 0 saturated carbocycles. The van der Waals surface area contributed by atoms with Crippen LogP contribution in [0.15, 0.2) is 18.2 Å². The predicted octanol–water partition coefficient (Wildman–Crippen LogP) is 1.87. The molecule has 0 aliphatic carbocycles. The number of carbonyl (C=O) groups excluding carboxylic acids is 1. The number of quaternary nitrogens is 1. The van der Waals surface area contributed by atoms with Crippen molar-refractivity contribution in [3.05, 3.63) is 29.3 Å². The molecule has 0 unspecified atom stereocenters. The van der Waals surface area contributed by atoms with Gasteiger partial charge in [0.15, 0.2) is 6.04 Å². The minimum atomic E-state index is -0.132. The Morgan fingerprint density at radius 3 is 2.32 bits per heavy atom. The number of para-hydroxylation sites is 1. The summed E-state index contributed by atoms with van der Waals surface area (Å²) in [5.74, 6) is 0.704. The van der Waals surface area contributed by atoms with Gasteiger partial charge in [-0.25, -0.2) is 0 Å². The number of phenolic OH excluding ortho intramolecular Hbond substituents is 1. The number of amides is 1. The number of likely N-dealkylation sites (N-methyl/N-ethyl adjacent to an activating group) is 1. The lowest BCUT2D eigenvalue weighted by Gasteiger charge is -2.24. The lowest BCUT2D eigenvalue weighted by atomic mass is 9.85. The quantitative estimate of drug-likeness (QED) is 0.872. The fourth-order valence-corrected chi connectivity index (χ4v) is 2.57. The van der Waals surface area contributed by atoms with E-state index in [-0.39, 0.29) is 23.3 Å². The SMILES string of the molecule is CC(C)[C@H]([NH2+]Cc1cccc(C(C)(C)C)c1O)C(=O)N(C)C. The first-order chi connectivity index (χ1) is 10.1. The van der Waals surface area contributed by atoms with Gasteiger partial charge >= 0.3 is 0 Å². The molecule has 3 N–H and O–H groups in total. The summed E-state index contributed by atoms with van der Waals surface area (Å²) in [5.41, 5.74) is 1.72. The maximum absolute atomic E-state index is 12.2. The average Bonchev–Trinajstić information content (AvgIpc) is 2.38. The summed E-state index contributed by atoms with van der Waals surface area (Å²) in [6.07, 6.45) is 0. The third kappa shape index (κ3) is 4.47. The molecule has 0 fully saturated rings. The standard InChI is InChI=1S/C18H30N2O2/c1-12(2)15(17(22)20(6)7)19-11-13-9-8-10-14(16(13)21)18(3,4)5/h8-10,12,15,19,21H,11H2,1-7H3/p+1/t15-/m0/s1. The lowest BCUT2D eigenvalue weighted by molar-refractivity contribution is -0.698. The third-order valence-electron chi connectivity index (χ3n) is 3.96. The Morgan fingerprint density at radius 1 is 1.27 bits per heavy atom. The molecule has 0 radical (unpaired) electrons. The molecule has 1 rings (SSSR count). The molecule has 1 amide bonds. The zero-order valence-corrected chi connectivity index (χ0v) is 15.0. The Bertz CT molecular complexity index is 516. The second kappa shape index (κ2) is 7.14. The van der Waals surface area contributed by atoms with E-state index in [0.717, 1.165) is 11.1 Å². The van der Waals surface area contributed by atoms with Crippen LogP contribution in [-0.2, 0) is 16.8 Å². The van der Waals surface area contributed by atoms with E-state index in [0.29, 0.717) is 12.3 Å². The highest BCUT2D eigenvalue weighted by molar-refractivity contribution is 5.80. The molecule has 1 atom stereocenters. The van der Waals surface area contributed by atoms with Crippen LogP contribution in [0.4, 0.5) is 0 Å². The van der Waals surface area contributed by atoms with Gasteiger partial charge in [-0.1, -0.05) is 46.8 Å². The van der Waals surface area contributed by atoms with Crippen molar-refractivity contribution in [3.8, 4) is 5.75 Å². The Morgan fingerprint density at radius 2 is 1.86 bits per heavy atom. The Hall–Kier alpha value is -1.55. The minimum Gasteiger partial charge on any atom is -0.507 e. The van der Waals surface area contributed by atoms with E-state index < -0.39 is 0 Å². The summed E-state index contributed by atoms with van der Waals surface area (Å²) in [4.78, 5) is 13.9. The highest BCUT2D eigenvalue weighted by Gasteiger charge is 2.28. The van der Waals surface area contributed by atoms with Gasteiger partial charge in [0.05, 0.1) is 0 Å².